The highest BCUT2D eigenvalue weighted by molar-refractivity contribution is 6.06. The molecule has 0 bridgehead atoms. The van der Waals surface area contributed by atoms with Crippen LogP contribution in [0.1, 0.15) is 10.5 Å². The first-order valence-corrected chi connectivity index (χ1v) is 4.47. The third-order valence-corrected chi connectivity index (χ3v) is 2.40. The van der Waals surface area contributed by atoms with Gasteiger partial charge in [-0.05, 0) is 18.2 Å². The normalized spacial score (nSPS) is 11.2. The minimum Gasteiger partial charge on any atom is -0.508 e. The summed E-state index contributed by atoms with van der Waals surface area (Å²) in [6.07, 6.45) is 0.738. The zero-order valence-corrected chi connectivity index (χ0v) is 7.65. The number of aromatic hydroxyl groups is 1. The summed E-state index contributed by atoms with van der Waals surface area (Å²) < 4.78 is 5.44. The van der Waals surface area contributed by atoms with Gasteiger partial charge in [-0.25, -0.2) is 0 Å². The van der Waals surface area contributed by atoms with Gasteiger partial charge < -0.3 is 14.5 Å². The van der Waals surface area contributed by atoms with Gasteiger partial charge in [-0.15, -0.1) is 0 Å². The summed E-state index contributed by atoms with van der Waals surface area (Å²) in [4.78, 5) is 13.4. The molecule has 1 aromatic carbocycles. The molecule has 2 N–H and O–H groups in total. The van der Waals surface area contributed by atoms with Crippen LogP contribution in [-0.4, -0.2) is 16.4 Å². The Hall–Kier alpha value is -2.23. The first-order valence-electron chi connectivity index (χ1n) is 4.47. The third kappa shape index (κ3) is 1.05. The Labute approximate surface area is 84.1 Å². The lowest BCUT2D eigenvalue weighted by atomic mass is 10.2. The van der Waals surface area contributed by atoms with Crippen LogP contribution in [0.15, 0.2) is 28.7 Å². The molecule has 3 rings (SSSR count). The molecule has 4 heteroatoms. The average molecular weight is 201 g/mol. The Morgan fingerprint density at radius 1 is 1.27 bits per heavy atom. The van der Waals surface area contributed by atoms with E-state index in [1.807, 2.05) is 0 Å². The Morgan fingerprint density at radius 2 is 2.13 bits per heavy atom. The number of aromatic amines is 1. The summed E-state index contributed by atoms with van der Waals surface area (Å²) in [7, 11) is 0. The van der Waals surface area contributed by atoms with Crippen molar-refractivity contribution in [1.29, 1.82) is 0 Å². The number of rotatable bonds is 1. The maximum absolute atomic E-state index is 10.6. The lowest BCUT2D eigenvalue weighted by molar-refractivity contribution is 0.111. The summed E-state index contributed by atoms with van der Waals surface area (Å²) in [5.74, 6) is 0.162. The van der Waals surface area contributed by atoms with Crippen molar-refractivity contribution >= 4 is 28.4 Å². The van der Waals surface area contributed by atoms with Crippen LogP contribution in [0.2, 0.25) is 0 Å². The molecule has 0 radical (unpaired) electrons. The van der Waals surface area contributed by atoms with Gasteiger partial charge in [-0.2, -0.15) is 0 Å². The third-order valence-electron chi connectivity index (χ3n) is 2.40. The van der Waals surface area contributed by atoms with E-state index in [1.54, 1.807) is 24.3 Å². The van der Waals surface area contributed by atoms with Gasteiger partial charge in [0.1, 0.15) is 11.3 Å². The predicted octanol–water partition coefficient (Wildman–Crippen LogP) is 2.43. The molecule has 0 saturated carbocycles. The molecule has 15 heavy (non-hydrogen) atoms. The smallest absolute Gasteiger partial charge is 0.206 e. The summed E-state index contributed by atoms with van der Waals surface area (Å²) in [5.41, 5.74) is 1.64. The number of hydrogen-bond donors (Lipinski definition) is 2. The van der Waals surface area contributed by atoms with E-state index in [0.717, 1.165) is 17.1 Å². The van der Waals surface area contributed by atoms with Crippen LogP contribution in [-0.2, 0) is 0 Å². The van der Waals surface area contributed by atoms with Crippen LogP contribution in [0.25, 0.3) is 22.1 Å². The van der Waals surface area contributed by atoms with E-state index < -0.39 is 0 Å². The SMILES string of the molecule is O=Cc1cc2c([nH]1)oc1cc(O)ccc12. The fraction of sp³-hybridized carbons (Fsp3) is 0. The van der Waals surface area contributed by atoms with Gasteiger partial charge in [-0.3, -0.25) is 4.79 Å². The molecule has 0 amide bonds. The van der Waals surface area contributed by atoms with E-state index in [2.05, 4.69) is 4.98 Å². The minimum atomic E-state index is 0.162. The number of aromatic nitrogens is 1. The Kier molecular flexibility index (Phi) is 1.42. The molecule has 4 nitrogen and oxygen atoms in total. The standard InChI is InChI=1S/C11H7NO3/c13-5-6-3-9-8-2-1-7(14)4-10(8)15-11(9)12-6/h1-5,12,14H. The van der Waals surface area contributed by atoms with Crippen molar-refractivity contribution in [3.05, 3.63) is 30.0 Å². The molecular weight excluding hydrogens is 194 g/mol. The Balaban J connectivity index is 2.45. The van der Waals surface area contributed by atoms with Gasteiger partial charge in [0.15, 0.2) is 6.29 Å². The number of phenolic OH excluding ortho intramolecular Hbond substituents is 1. The van der Waals surface area contributed by atoms with Gasteiger partial charge in [-0.1, -0.05) is 0 Å². The van der Waals surface area contributed by atoms with Crippen molar-refractivity contribution in [2.24, 2.45) is 0 Å². The van der Waals surface area contributed by atoms with E-state index in [1.165, 1.54) is 0 Å². The van der Waals surface area contributed by atoms with E-state index in [0.29, 0.717) is 17.0 Å². The molecular formula is C11H7NO3. The highest BCUT2D eigenvalue weighted by Crippen LogP contribution is 2.30. The van der Waals surface area contributed by atoms with E-state index in [-0.39, 0.29) is 5.75 Å². The van der Waals surface area contributed by atoms with Crippen LogP contribution >= 0.6 is 0 Å². The number of benzene rings is 1. The van der Waals surface area contributed by atoms with Gasteiger partial charge in [0, 0.05) is 16.8 Å². The number of phenols is 1. The van der Waals surface area contributed by atoms with Gasteiger partial charge in [0.25, 0.3) is 0 Å². The molecule has 74 valence electrons. The van der Waals surface area contributed by atoms with Gasteiger partial charge in [0.2, 0.25) is 5.71 Å². The second-order valence-electron chi connectivity index (χ2n) is 3.37. The summed E-state index contributed by atoms with van der Waals surface area (Å²) in [5, 5.41) is 11.0. The van der Waals surface area contributed by atoms with Crippen LogP contribution in [0.4, 0.5) is 0 Å². The number of fused-ring (bicyclic) bond motifs is 3. The second kappa shape index (κ2) is 2.63. The lowest BCUT2D eigenvalue weighted by Crippen LogP contribution is -1.74. The number of H-pyrrole nitrogens is 1. The lowest BCUT2D eigenvalue weighted by Gasteiger charge is -1.89. The van der Waals surface area contributed by atoms with Gasteiger partial charge >= 0.3 is 0 Å². The quantitative estimate of drug-likeness (QED) is 0.594. The first kappa shape index (κ1) is 8.11. The molecule has 0 saturated heterocycles. The topological polar surface area (TPSA) is 66.2 Å². The van der Waals surface area contributed by atoms with Crippen molar-refractivity contribution in [2.75, 3.05) is 0 Å². The number of aldehydes is 1. The van der Waals surface area contributed by atoms with Crippen molar-refractivity contribution in [3.8, 4) is 5.75 Å². The number of nitrogens with one attached hydrogen (secondary N) is 1. The molecule has 0 aliphatic carbocycles. The van der Waals surface area contributed by atoms with Crippen LogP contribution in [0.5, 0.6) is 5.75 Å². The maximum atomic E-state index is 10.6. The molecule has 0 unspecified atom stereocenters. The predicted molar refractivity (Wildman–Crippen MR) is 55.1 cm³/mol. The molecule has 2 heterocycles. The van der Waals surface area contributed by atoms with Crippen LogP contribution in [0, 0.1) is 0 Å². The molecule has 2 aromatic heterocycles. The fourth-order valence-corrected chi connectivity index (χ4v) is 1.73. The van der Waals surface area contributed by atoms with Crippen LogP contribution in [0.3, 0.4) is 0 Å². The summed E-state index contributed by atoms with van der Waals surface area (Å²) in [6, 6.07) is 6.62. The van der Waals surface area contributed by atoms with Crippen molar-refractivity contribution in [3.63, 3.8) is 0 Å². The maximum Gasteiger partial charge on any atom is 0.206 e. The first-order chi connectivity index (χ1) is 7.28. The molecule has 0 atom stereocenters. The average Bonchev–Trinajstić information content (AvgIpc) is 2.73. The number of carbonyl (C=O) groups is 1. The number of furan rings is 1. The highest BCUT2D eigenvalue weighted by atomic mass is 16.3. The monoisotopic (exact) mass is 201 g/mol. The molecule has 0 aliphatic rings. The number of carbonyl (C=O) groups excluding carboxylic acids is 1. The van der Waals surface area contributed by atoms with Crippen molar-refractivity contribution < 1.29 is 14.3 Å². The van der Waals surface area contributed by atoms with Gasteiger partial charge in [0.05, 0.1) is 5.69 Å². The van der Waals surface area contributed by atoms with Crippen LogP contribution < -0.4 is 0 Å². The largest absolute Gasteiger partial charge is 0.508 e. The molecule has 0 aliphatic heterocycles. The zero-order valence-electron chi connectivity index (χ0n) is 7.65. The van der Waals surface area contributed by atoms with E-state index in [4.69, 9.17) is 4.42 Å². The number of hydrogen-bond acceptors (Lipinski definition) is 3. The van der Waals surface area contributed by atoms with E-state index >= 15 is 0 Å². The van der Waals surface area contributed by atoms with Crippen molar-refractivity contribution in [1.82, 2.24) is 4.98 Å². The fourth-order valence-electron chi connectivity index (χ4n) is 1.73. The Bertz CT molecular complexity index is 663. The van der Waals surface area contributed by atoms with Crippen molar-refractivity contribution in [2.45, 2.75) is 0 Å². The Morgan fingerprint density at radius 3 is 2.93 bits per heavy atom. The molecule has 0 fully saturated rings. The molecule has 0 spiro atoms. The summed E-state index contributed by atoms with van der Waals surface area (Å²) >= 11 is 0. The summed E-state index contributed by atoms with van der Waals surface area (Å²) in [6.45, 7) is 0. The minimum absolute atomic E-state index is 0.162. The molecule has 3 aromatic rings. The highest BCUT2D eigenvalue weighted by Gasteiger charge is 2.10. The zero-order chi connectivity index (χ0) is 10.4. The van der Waals surface area contributed by atoms with E-state index in [9.17, 15) is 9.90 Å². The second-order valence-corrected chi connectivity index (χ2v) is 3.37.